The summed E-state index contributed by atoms with van der Waals surface area (Å²) in [5.74, 6) is 1.17. The lowest BCUT2D eigenvalue weighted by atomic mass is 9.72. The highest BCUT2D eigenvalue weighted by atomic mass is 35.5. The summed E-state index contributed by atoms with van der Waals surface area (Å²) in [7, 11) is 0. The average molecular weight is 325 g/mol. The molecule has 1 heterocycles. The van der Waals surface area contributed by atoms with Gasteiger partial charge in [-0.05, 0) is 25.0 Å². The summed E-state index contributed by atoms with van der Waals surface area (Å²) < 4.78 is 5.61. The molecule has 1 aliphatic rings. The van der Waals surface area contributed by atoms with E-state index in [2.05, 4.69) is 12.1 Å². The molecule has 1 fully saturated rings. The number of aromatic nitrogens is 1. The van der Waals surface area contributed by atoms with Crippen molar-refractivity contribution >= 4 is 29.0 Å². The SMILES string of the molecule is CC1(c2onc(N)c2-c2c(Cl)cccc2Cl)CCCCC1. The predicted octanol–water partition coefficient (Wildman–Crippen LogP) is 5.45. The van der Waals surface area contributed by atoms with Gasteiger partial charge in [0, 0.05) is 11.0 Å². The molecule has 0 amide bonds. The first-order valence-corrected chi connectivity index (χ1v) is 7.98. The van der Waals surface area contributed by atoms with Crippen LogP contribution in [-0.4, -0.2) is 5.16 Å². The van der Waals surface area contributed by atoms with Crippen molar-refractivity contribution in [2.75, 3.05) is 5.73 Å². The molecule has 0 unspecified atom stereocenters. The number of rotatable bonds is 2. The van der Waals surface area contributed by atoms with Crippen molar-refractivity contribution in [3.63, 3.8) is 0 Å². The molecular weight excluding hydrogens is 307 g/mol. The fraction of sp³-hybridized carbons (Fsp3) is 0.438. The van der Waals surface area contributed by atoms with Gasteiger partial charge < -0.3 is 10.3 Å². The largest absolute Gasteiger partial charge is 0.380 e. The zero-order valence-electron chi connectivity index (χ0n) is 12.0. The molecule has 21 heavy (non-hydrogen) atoms. The predicted molar refractivity (Wildman–Crippen MR) is 86.8 cm³/mol. The lowest BCUT2D eigenvalue weighted by Crippen LogP contribution is -2.25. The normalized spacial score (nSPS) is 17.9. The molecule has 1 aromatic carbocycles. The van der Waals surface area contributed by atoms with E-state index in [1.807, 2.05) is 18.2 Å². The van der Waals surface area contributed by atoms with Crippen LogP contribution in [0.4, 0.5) is 5.82 Å². The number of hydrogen-bond donors (Lipinski definition) is 1. The minimum absolute atomic E-state index is 0.0549. The molecule has 0 spiro atoms. The molecule has 3 rings (SSSR count). The van der Waals surface area contributed by atoms with Gasteiger partial charge in [0.15, 0.2) is 11.6 Å². The molecule has 2 N–H and O–H groups in total. The highest BCUT2D eigenvalue weighted by Crippen LogP contribution is 2.48. The van der Waals surface area contributed by atoms with Gasteiger partial charge in [0.05, 0.1) is 15.6 Å². The molecule has 0 atom stereocenters. The molecule has 3 nitrogen and oxygen atoms in total. The van der Waals surface area contributed by atoms with Crippen molar-refractivity contribution in [1.82, 2.24) is 5.16 Å². The maximum Gasteiger partial charge on any atom is 0.175 e. The summed E-state index contributed by atoms with van der Waals surface area (Å²) in [5, 5.41) is 5.12. The van der Waals surface area contributed by atoms with Crippen LogP contribution in [0.5, 0.6) is 0 Å². The Bertz CT molecular complexity index is 640. The fourth-order valence-electron chi connectivity index (χ4n) is 3.25. The Hall–Kier alpha value is -1.19. The Balaban J connectivity index is 2.18. The van der Waals surface area contributed by atoms with Gasteiger partial charge in [0.2, 0.25) is 0 Å². The first kappa shape index (κ1) is 14.7. The monoisotopic (exact) mass is 324 g/mol. The second-order valence-electron chi connectivity index (χ2n) is 5.99. The van der Waals surface area contributed by atoms with E-state index in [-0.39, 0.29) is 5.41 Å². The van der Waals surface area contributed by atoms with Crippen molar-refractivity contribution in [1.29, 1.82) is 0 Å². The molecule has 0 saturated heterocycles. The quantitative estimate of drug-likeness (QED) is 0.798. The molecule has 0 bridgehead atoms. The maximum absolute atomic E-state index is 6.34. The third-order valence-electron chi connectivity index (χ3n) is 4.44. The van der Waals surface area contributed by atoms with Gasteiger partial charge in [-0.2, -0.15) is 0 Å². The molecule has 1 aromatic heterocycles. The Morgan fingerprint density at radius 2 is 1.71 bits per heavy atom. The molecule has 0 radical (unpaired) electrons. The number of benzene rings is 1. The summed E-state index contributed by atoms with van der Waals surface area (Å²) in [5.41, 5.74) is 7.48. The zero-order chi connectivity index (χ0) is 15.0. The fourth-order valence-corrected chi connectivity index (χ4v) is 3.84. The van der Waals surface area contributed by atoms with E-state index in [0.29, 0.717) is 15.9 Å². The summed E-state index contributed by atoms with van der Waals surface area (Å²) in [6.07, 6.45) is 5.77. The second kappa shape index (κ2) is 5.54. The minimum Gasteiger partial charge on any atom is -0.380 e. The van der Waals surface area contributed by atoms with Crippen LogP contribution in [-0.2, 0) is 5.41 Å². The number of halogens is 2. The van der Waals surface area contributed by atoms with Crippen LogP contribution in [0.3, 0.4) is 0 Å². The number of hydrogen-bond acceptors (Lipinski definition) is 3. The summed E-state index contributed by atoms with van der Waals surface area (Å²) in [6.45, 7) is 2.21. The van der Waals surface area contributed by atoms with Gasteiger partial charge in [0.25, 0.3) is 0 Å². The van der Waals surface area contributed by atoms with E-state index in [4.69, 9.17) is 33.5 Å². The molecule has 1 saturated carbocycles. The third-order valence-corrected chi connectivity index (χ3v) is 5.07. The molecular formula is C16H18Cl2N2O. The van der Waals surface area contributed by atoms with Gasteiger partial charge in [0.1, 0.15) is 0 Å². The van der Waals surface area contributed by atoms with Crippen molar-refractivity contribution < 1.29 is 4.52 Å². The van der Waals surface area contributed by atoms with Crippen molar-refractivity contribution in [2.45, 2.75) is 44.4 Å². The Kier molecular flexibility index (Phi) is 3.89. The first-order valence-electron chi connectivity index (χ1n) is 7.23. The molecule has 5 heteroatoms. The standard InChI is InChI=1S/C16H18Cl2N2O/c1-16(8-3-2-4-9-16)14-13(15(19)20-21-14)12-10(17)6-5-7-11(12)18/h5-7H,2-4,8-9H2,1H3,(H2,19,20). The number of anilines is 1. The third kappa shape index (κ3) is 2.53. The zero-order valence-corrected chi connectivity index (χ0v) is 13.5. The van der Waals surface area contributed by atoms with Gasteiger partial charge >= 0.3 is 0 Å². The Morgan fingerprint density at radius 3 is 2.33 bits per heavy atom. The van der Waals surface area contributed by atoms with Crippen LogP contribution in [0.1, 0.15) is 44.8 Å². The van der Waals surface area contributed by atoms with Crippen LogP contribution in [0, 0.1) is 0 Å². The molecule has 1 aliphatic carbocycles. The Labute approximate surface area is 134 Å². The van der Waals surface area contributed by atoms with Crippen LogP contribution >= 0.6 is 23.2 Å². The maximum atomic E-state index is 6.34. The highest BCUT2D eigenvalue weighted by molar-refractivity contribution is 6.39. The lowest BCUT2D eigenvalue weighted by molar-refractivity contribution is 0.242. The smallest absolute Gasteiger partial charge is 0.175 e. The van der Waals surface area contributed by atoms with Gasteiger partial charge in [-0.3, -0.25) is 0 Å². The second-order valence-corrected chi connectivity index (χ2v) is 6.80. The summed E-state index contributed by atoms with van der Waals surface area (Å²) in [4.78, 5) is 0. The van der Waals surface area contributed by atoms with Crippen molar-refractivity contribution in [3.8, 4) is 11.1 Å². The van der Waals surface area contributed by atoms with Crippen molar-refractivity contribution in [3.05, 3.63) is 34.0 Å². The summed E-state index contributed by atoms with van der Waals surface area (Å²) >= 11 is 12.7. The van der Waals surface area contributed by atoms with Crippen LogP contribution in [0.15, 0.2) is 22.7 Å². The molecule has 2 aromatic rings. The van der Waals surface area contributed by atoms with E-state index in [1.54, 1.807) is 0 Å². The summed E-state index contributed by atoms with van der Waals surface area (Å²) in [6, 6.07) is 5.43. The lowest BCUT2D eigenvalue weighted by Gasteiger charge is -2.31. The number of nitrogens with two attached hydrogens (primary N) is 1. The van der Waals surface area contributed by atoms with E-state index in [9.17, 15) is 0 Å². The van der Waals surface area contributed by atoms with Gasteiger partial charge in [-0.15, -0.1) is 0 Å². The number of nitrogens with zero attached hydrogens (tertiary/aromatic N) is 1. The Morgan fingerprint density at radius 1 is 1.10 bits per heavy atom. The molecule has 112 valence electrons. The molecule has 0 aliphatic heterocycles. The van der Waals surface area contributed by atoms with Crippen LogP contribution in [0.2, 0.25) is 10.0 Å². The van der Waals surface area contributed by atoms with Crippen molar-refractivity contribution in [2.24, 2.45) is 0 Å². The average Bonchev–Trinajstić information content (AvgIpc) is 2.82. The topological polar surface area (TPSA) is 52.0 Å². The van der Waals surface area contributed by atoms with Crippen LogP contribution in [0.25, 0.3) is 11.1 Å². The van der Waals surface area contributed by atoms with E-state index in [1.165, 1.54) is 19.3 Å². The van der Waals surface area contributed by atoms with Gasteiger partial charge in [-0.1, -0.05) is 60.6 Å². The van der Waals surface area contributed by atoms with E-state index >= 15 is 0 Å². The van der Waals surface area contributed by atoms with Gasteiger partial charge in [-0.25, -0.2) is 0 Å². The number of nitrogen functional groups attached to an aromatic ring is 1. The van der Waals surface area contributed by atoms with E-state index < -0.39 is 0 Å². The minimum atomic E-state index is -0.0549. The van der Waals surface area contributed by atoms with Crippen LogP contribution < -0.4 is 5.73 Å². The van der Waals surface area contributed by atoms with E-state index in [0.717, 1.165) is 29.7 Å². The first-order chi connectivity index (χ1) is 10.0. The highest BCUT2D eigenvalue weighted by Gasteiger charge is 2.37.